The van der Waals surface area contributed by atoms with E-state index < -0.39 is 0 Å². The predicted molar refractivity (Wildman–Crippen MR) is 97.2 cm³/mol. The van der Waals surface area contributed by atoms with Crippen molar-refractivity contribution in [3.63, 3.8) is 0 Å². The van der Waals surface area contributed by atoms with Crippen LogP contribution in [0.5, 0.6) is 0 Å². The normalized spacial score (nSPS) is 14.1. The third kappa shape index (κ3) is 6.88. The summed E-state index contributed by atoms with van der Waals surface area (Å²) >= 11 is 1.92. The van der Waals surface area contributed by atoms with Crippen molar-refractivity contribution < 1.29 is 0 Å². The van der Waals surface area contributed by atoms with E-state index in [4.69, 9.17) is 0 Å². The van der Waals surface area contributed by atoms with Gasteiger partial charge in [-0.1, -0.05) is 65.5 Å². The molecule has 1 rings (SSSR count). The Kier molecular flexibility index (Phi) is 9.86. The number of unbranched alkanes of at least 4 members (excludes halogenated alkanes) is 1. The first-order valence-electron chi connectivity index (χ1n) is 8.71. The maximum Gasteiger partial charge on any atom is 0.0322 e. The molecule has 2 heteroatoms. The van der Waals surface area contributed by atoms with Gasteiger partial charge in [0.05, 0.1) is 0 Å². The highest BCUT2D eigenvalue weighted by Gasteiger charge is 2.16. The third-order valence-corrected chi connectivity index (χ3v) is 5.05. The van der Waals surface area contributed by atoms with Crippen LogP contribution in [-0.4, -0.2) is 12.3 Å². The number of hydrogen-bond acceptors (Lipinski definition) is 2. The lowest BCUT2D eigenvalue weighted by atomic mass is 9.89. The van der Waals surface area contributed by atoms with Crippen LogP contribution in [0, 0.1) is 5.92 Å². The van der Waals surface area contributed by atoms with Crippen LogP contribution in [0.3, 0.4) is 0 Å². The highest BCUT2D eigenvalue weighted by Crippen LogP contribution is 2.28. The minimum absolute atomic E-state index is 0.512. The van der Waals surface area contributed by atoms with E-state index in [1.54, 1.807) is 0 Å². The molecule has 0 bridgehead atoms. The second kappa shape index (κ2) is 11.1. The van der Waals surface area contributed by atoms with Crippen molar-refractivity contribution in [3.05, 3.63) is 29.8 Å². The highest BCUT2D eigenvalue weighted by molar-refractivity contribution is 7.99. The molecule has 0 saturated carbocycles. The average molecular weight is 308 g/mol. The smallest absolute Gasteiger partial charge is 0.0322 e. The van der Waals surface area contributed by atoms with E-state index in [9.17, 15) is 0 Å². The van der Waals surface area contributed by atoms with Gasteiger partial charge in [-0.2, -0.15) is 0 Å². The minimum Gasteiger partial charge on any atom is -0.310 e. The topological polar surface area (TPSA) is 12.0 Å². The predicted octanol–water partition coefficient (Wildman–Crippen LogP) is 6.06. The van der Waals surface area contributed by atoms with E-state index in [-0.39, 0.29) is 0 Å². The van der Waals surface area contributed by atoms with Gasteiger partial charge >= 0.3 is 0 Å². The molecular weight excluding hydrogens is 274 g/mol. The van der Waals surface area contributed by atoms with Gasteiger partial charge in [-0.05, 0) is 42.3 Å². The summed E-state index contributed by atoms with van der Waals surface area (Å²) in [6.45, 7) is 10.1. The van der Waals surface area contributed by atoms with Crippen molar-refractivity contribution in [2.75, 3.05) is 12.3 Å². The summed E-state index contributed by atoms with van der Waals surface area (Å²) in [5.41, 5.74) is 1.45. The molecule has 0 spiro atoms. The Morgan fingerprint density at radius 3 is 2.29 bits per heavy atom. The standard InChI is InChI=1S/C19H33NS/c1-5-9-10-16(6-2)15-19(20-7-3)17-11-13-18(14-12-17)21-8-4/h11-14,16,19-20H,5-10,15H2,1-4H3. The van der Waals surface area contributed by atoms with Crippen molar-refractivity contribution in [2.24, 2.45) is 5.92 Å². The molecule has 0 heterocycles. The van der Waals surface area contributed by atoms with Crippen molar-refractivity contribution in [3.8, 4) is 0 Å². The monoisotopic (exact) mass is 307 g/mol. The van der Waals surface area contributed by atoms with E-state index in [1.165, 1.54) is 42.6 Å². The van der Waals surface area contributed by atoms with Crippen LogP contribution < -0.4 is 5.32 Å². The summed E-state index contributed by atoms with van der Waals surface area (Å²) in [6, 6.07) is 9.70. The first-order chi connectivity index (χ1) is 10.2. The van der Waals surface area contributed by atoms with Crippen LogP contribution in [0.25, 0.3) is 0 Å². The van der Waals surface area contributed by atoms with E-state index in [2.05, 4.69) is 57.3 Å². The number of thioether (sulfide) groups is 1. The second-order valence-electron chi connectivity index (χ2n) is 5.76. The number of nitrogens with one attached hydrogen (secondary N) is 1. The Balaban J connectivity index is 2.70. The number of hydrogen-bond donors (Lipinski definition) is 1. The average Bonchev–Trinajstić information content (AvgIpc) is 2.51. The first-order valence-corrected chi connectivity index (χ1v) is 9.69. The second-order valence-corrected chi connectivity index (χ2v) is 7.10. The van der Waals surface area contributed by atoms with Gasteiger partial charge in [0, 0.05) is 10.9 Å². The summed E-state index contributed by atoms with van der Waals surface area (Å²) in [5.74, 6) is 1.99. The summed E-state index contributed by atoms with van der Waals surface area (Å²) in [5, 5.41) is 3.68. The number of rotatable bonds is 11. The van der Waals surface area contributed by atoms with Crippen LogP contribution in [0.4, 0.5) is 0 Å². The lowest BCUT2D eigenvalue weighted by Crippen LogP contribution is -2.23. The fraction of sp³-hybridized carbons (Fsp3) is 0.684. The first kappa shape index (κ1) is 18.6. The van der Waals surface area contributed by atoms with Gasteiger partial charge in [0.25, 0.3) is 0 Å². The van der Waals surface area contributed by atoms with E-state index in [0.29, 0.717) is 6.04 Å². The molecule has 0 aliphatic heterocycles. The van der Waals surface area contributed by atoms with Crippen LogP contribution in [0.15, 0.2) is 29.2 Å². The van der Waals surface area contributed by atoms with E-state index in [0.717, 1.165) is 18.2 Å². The van der Waals surface area contributed by atoms with Crippen molar-refractivity contribution in [1.29, 1.82) is 0 Å². The Hall–Kier alpha value is -0.470. The molecule has 1 N–H and O–H groups in total. The molecule has 0 amide bonds. The van der Waals surface area contributed by atoms with E-state index in [1.807, 2.05) is 11.8 Å². The summed E-state index contributed by atoms with van der Waals surface area (Å²) in [4.78, 5) is 1.38. The zero-order valence-corrected chi connectivity index (χ0v) is 15.1. The quantitative estimate of drug-likeness (QED) is 0.499. The Bertz CT molecular complexity index is 360. The molecule has 0 radical (unpaired) electrons. The van der Waals surface area contributed by atoms with Gasteiger partial charge in [0.1, 0.15) is 0 Å². The van der Waals surface area contributed by atoms with Gasteiger partial charge < -0.3 is 5.32 Å². The third-order valence-electron chi connectivity index (χ3n) is 4.16. The van der Waals surface area contributed by atoms with Crippen LogP contribution in [0.2, 0.25) is 0 Å². The minimum atomic E-state index is 0.512. The van der Waals surface area contributed by atoms with Crippen molar-refractivity contribution in [1.82, 2.24) is 5.32 Å². The molecular formula is C19H33NS. The molecule has 0 aromatic heterocycles. The summed E-state index contributed by atoms with van der Waals surface area (Å²) in [6.07, 6.45) is 6.61. The van der Waals surface area contributed by atoms with Crippen LogP contribution in [0.1, 0.15) is 71.4 Å². The van der Waals surface area contributed by atoms with Crippen molar-refractivity contribution >= 4 is 11.8 Å². The SMILES string of the molecule is CCCCC(CC)CC(NCC)c1ccc(SCC)cc1. The molecule has 0 saturated heterocycles. The maximum atomic E-state index is 3.68. The van der Waals surface area contributed by atoms with Gasteiger partial charge in [-0.3, -0.25) is 0 Å². The van der Waals surface area contributed by atoms with Gasteiger partial charge in [-0.25, -0.2) is 0 Å². The fourth-order valence-electron chi connectivity index (χ4n) is 2.86. The molecule has 21 heavy (non-hydrogen) atoms. The van der Waals surface area contributed by atoms with Gasteiger partial charge in [0.15, 0.2) is 0 Å². The Morgan fingerprint density at radius 1 is 1.05 bits per heavy atom. The Morgan fingerprint density at radius 2 is 1.76 bits per heavy atom. The molecule has 0 fully saturated rings. The fourth-order valence-corrected chi connectivity index (χ4v) is 3.52. The van der Waals surface area contributed by atoms with Crippen LogP contribution in [-0.2, 0) is 0 Å². The zero-order valence-electron chi connectivity index (χ0n) is 14.3. The van der Waals surface area contributed by atoms with Gasteiger partial charge in [-0.15, -0.1) is 11.8 Å². The summed E-state index contributed by atoms with van der Waals surface area (Å²) < 4.78 is 0. The highest BCUT2D eigenvalue weighted by atomic mass is 32.2. The zero-order chi connectivity index (χ0) is 15.5. The molecule has 1 nitrogen and oxygen atoms in total. The maximum absolute atomic E-state index is 3.68. The number of benzene rings is 1. The molecule has 0 aliphatic rings. The largest absolute Gasteiger partial charge is 0.310 e. The molecule has 2 atom stereocenters. The lowest BCUT2D eigenvalue weighted by molar-refractivity contribution is 0.357. The van der Waals surface area contributed by atoms with Crippen molar-refractivity contribution in [2.45, 2.75) is 70.7 Å². The van der Waals surface area contributed by atoms with Gasteiger partial charge in [0.2, 0.25) is 0 Å². The van der Waals surface area contributed by atoms with E-state index >= 15 is 0 Å². The summed E-state index contributed by atoms with van der Waals surface area (Å²) in [7, 11) is 0. The molecule has 2 unspecified atom stereocenters. The van der Waals surface area contributed by atoms with Crippen LogP contribution >= 0.6 is 11.8 Å². The molecule has 1 aromatic carbocycles. The Labute approximate surface area is 136 Å². The molecule has 1 aromatic rings. The molecule has 0 aliphatic carbocycles. The lowest BCUT2D eigenvalue weighted by Gasteiger charge is -2.24. The molecule has 120 valence electrons.